The van der Waals surface area contributed by atoms with Crippen LogP contribution in [0.1, 0.15) is 26.2 Å². The first-order valence-electron chi connectivity index (χ1n) is 6.39. The van der Waals surface area contributed by atoms with Crippen LogP contribution in [0, 0.1) is 5.82 Å². The molecule has 1 aliphatic rings. The van der Waals surface area contributed by atoms with E-state index in [-0.39, 0.29) is 24.1 Å². The quantitative estimate of drug-likeness (QED) is 0.882. The number of nitrogens with zero attached hydrogens (tertiary/aromatic N) is 1. The van der Waals surface area contributed by atoms with E-state index in [0.717, 1.165) is 12.8 Å². The smallest absolute Gasteiger partial charge is 0.223 e. The molecule has 2 rings (SSSR count). The van der Waals surface area contributed by atoms with Gasteiger partial charge in [0.1, 0.15) is 5.82 Å². The average molecular weight is 264 g/mol. The molecule has 1 aromatic carbocycles. The highest BCUT2D eigenvalue weighted by Crippen LogP contribution is 2.19. The lowest BCUT2D eigenvalue weighted by molar-refractivity contribution is -0.121. The first-order chi connectivity index (χ1) is 9.06. The van der Waals surface area contributed by atoms with Crippen molar-refractivity contribution in [2.24, 2.45) is 0 Å². The molecule has 0 heterocycles. The fourth-order valence-corrected chi connectivity index (χ4v) is 1.83. The first kappa shape index (κ1) is 13.5. The maximum absolute atomic E-state index is 12.8. The van der Waals surface area contributed by atoms with Gasteiger partial charge in [0.25, 0.3) is 0 Å². The van der Waals surface area contributed by atoms with Crippen LogP contribution in [0.4, 0.5) is 10.1 Å². The summed E-state index contributed by atoms with van der Waals surface area (Å²) < 4.78 is 12.8. The van der Waals surface area contributed by atoms with Gasteiger partial charge in [-0.1, -0.05) is 0 Å². The molecule has 102 valence electrons. The number of amides is 2. The van der Waals surface area contributed by atoms with Crippen molar-refractivity contribution in [1.29, 1.82) is 0 Å². The van der Waals surface area contributed by atoms with Crippen LogP contribution in [0.25, 0.3) is 0 Å². The standard InChI is InChI=1S/C14H17FN2O2/c1-10(18)17(13-6-2-11(15)3-7-13)9-8-14(19)16-12-4-5-12/h2-3,6-7,12H,4-5,8-9H2,1H3,(H,16,19). The average Bonchev–Trinajstić information content (AvgIpc) is 3.15. The zero-order valence-corrected chi connectivity index (χ0v) is 10.9. The van der Waals surface area contributed by atoms with Gasteiger partial charge in [0.2, 0.25) is 11.8 Å². The molecular weight excluding hydrogens is 247 g/mol. The van der Waals surface area contributed by atoms with Crippen LogP contribution in [0.15, 0.2) is 24.3 Å². The molecule has 1 aliphatic carbocycles. The molecule has 19 heavy (non-hydrogen) atoms. The highest BCUT2D eigenvalue weighted by atomic mass is 19.1. The summed E-state index contributed by atoms with van der Waals surface area (Å²) in [6, 6.07) is 6.00. The Kier molecular flexibility index (Phi) is 4.14. The number of anilines is 1. The van der Waals surface area contributed by atoms with Gasteiger partial charge in [-0.05, 0) is 37.1 Å². The van der Waals surface area contributed by atoms with Crippen molar-refractivity contribution in [3.05, 3.63) is 30.1 Å². The van der Waals surface area contributed by atoms with Gasteiger partial charge in [0.05, 0.1) is 0 Å². The topological polar surface area (TPSA) is 49.4 Å². The number of hydrogen-bond acceptors (Lipinski definition) is 2. The second-order valence-electron chi connectivity index (χ2n) is 4.74. The van der Waals surface area contributed by atoms with Crippen molar-refractivity contribution in [1.82, 2.24) is 5.32 Å². The molecule has 0 aromatic heterocycles. The van der Waals surface area contributed by atoms with Crippen LogP contribution >= 0.6 is 0 Å². The number of rotatable bonds is 5. The molecule has 1 N–H and O–H groups in total. The number of hydrogen-bond donors (Lipinski definition) is 1. The van der Waals surface area contributed by atoms with Crippen molar-refractivity contribution < 1.29 is 14.0 Å². The van der Waals surface area contributed by atoms with Gasteiger partial charge in [0, 0.05) is 31.6 Å². The summed E-state index contributed by atoms with van der Waals surface area (Å²) in [4.78, 5) is 24.7. The van der Waals surface area contributed by atoms with Gasteiger partial charge in [-0.25, -0.2) is 4.39 Å². The van der Waals surface area contributed by atoms with Gasteiger partial charge < -0.3 is 10.2 Å². The highest BCUT2D eigenvalue weighted by molar-refractivity contribution is 5.92. The highest BCUT2D eigenvalue weighted by Gasteiger charge is 2.23. The summed E-state index contributed by atoms with van der Waals surface area (Å²) in [5.41, 5.74) is 0.605. The Morgan fingerprint density at radius 3 is 2.47 bits per heavy atom. The zero-order chi connectivity index (χ0) is 13.8. The van der Waals surface area contributed by atoms with Gasteiger partial charge in [-0.15, -0.1) is 0 Å². The van der Waals surface area contributed by atoms with E-state index in [1.165, 1.54) is 36.1 Å². The maximum atomic E-state index is 12.8. The SMILES string of the molecule is CC(=O)N(CCC(=O)NC1CC1)c1ccc(F)cc1. The van der Waals surface area contributed by atoms with Crippen molar-refractivity contribution in [3.8, 4) is 0 Å². The minimum absolute atomic E-state index is 0.0455. The molecule has 0 saturated heterocycles. The third kappa shape index (κ3) is 4.05. The molecule has 5 heteroatoms. The van der Waals surface area contributed by atoms with E-state index in [9.17, 15) is 14.0 Å². The van der Waals surface area contributed by atoms with Crippen LogP contribution in [0.5, 0.6) is 0 Å². The first-order valence-corrected chi connectivity index (χ1v) is 6.39. The minimum atomic E-state index is -0.348. The van der Waals surface area contributed by atoms with E-state index in [1.807, 2.05) is 0 Å². The van der Waals surface area contributed by atoms with Gasteiger partial charge in [-0.2, -0.15) is 0 Å². The van der Waals surface area contributed by atoms with Crippen LogP contribution in [-0.2, 0) is 9.59 Å². The predicted octanol–water partition coefficient (Wildman–Crippen LogP) is 1.85. The number of carbonyl (C=O) groups excluding carboxylic acids is 2. The van der Waals surface area contributed by atoms with Crippen LogP contribution in [0.2, 0.25) is 0 Å². The second-order valence-corrected chi connectivity index (χ2v) is 4.74. The monoisotopic (exact) mass is 264 g/mol. The van der Waals surface area contributed by atoms with Crippen LogP contribution in [0.3, 0.4) is 0 Å². The van der Waals surface area contributed by atoms with E-state index in [0.29, 0.717) is 18.3 Å². The van der Waals surface area contributed by atoms with Crippen molar-refractivity contribution in [2.45, 2.75) is 32.2 Å². The van der Waals surface area contributed by atoms with E-state index < -0.39 is 0 Å². The Morgan fingerprint density at radius 2 is 1.95 bits per heavy atom. The van der Waals surface area contributed by atoms with E-state index in [1.54, 1.807) is 0 Å². The minimum Gasteiger partial charge on any atom is -0.353 e. The second kappa shape index (κ2) is 5.82. The van der Waals surface area contributed by atoms with E-state index >= 15 is 0 Å². The Bertz CT molecular complexity index is 469. The molecule has 2 amide bonds. The third-order valence-electron chi connectivity index (χ3n) is 3.02. The molecule has 1 fully saturated rings. The fourth-order valence-electron chi connectivity index (χ4n) is 1.83. The number of halogens is 1. The summed E-state index contributed by atoms with van der Waals surface area (Å²) in [5, 5.41) is 2.87. The molecule has 0 aliphatic heterocycles. The normalized spacial score (nSPS) is 14.0. The Morgan fingerprint density at radius 1 is 1.32 bits per heavy atom. The zero-order valence-electron chi connectivity index (χ0n) is 10.9. The van der Waals surface area contributed by atoms with Crippen LogP contribution < -0.4 is 10.2 Å². The summed E-state index contributed by atoms with van der Waals surface area (Å²) in [7, 11) is 0. The molecule has 0 unspecified atom stereocenters. The Hall–Kier alpha value is -1.91. The summed E-state index contributed by atoms with van der Waals surface area (Å²) in [6.07, 6.45) is 2.34. The van der Waals surface area contributed by atoms with E-state index in [4.69, 9.17) is 0 Å². The Labute approximate surface area is 111 Å². The number of carbonyl (C=O) groups is 2. The summed E-state index contributed by atoms with van der Waals surface area (Å²) in [5.74, 6) is -0.555. The number of benzene rings is 1. The molecule has 1 saturated carbocycles. The van der Waals surface area contributed by atoms with Gasteiger partial charge in [-0.3, -0.25) is 9.59 Å². The summed E-state index contributed by atoms with van der Waals surface area (Å²) >= 11 is 0. The molecule has 4 nitrogen and oxygen atoms in total. The van der Waals surface area contributed by atoms with Gasteiger partial charge >= 0.3 is 0 Å². The van der Waals surface area contributed by atoms with Crippen molar-refractivity contribution in [3.63, 3.8) is 0 Å². The maximum Gasteiger partial charge on any atom is 0.223 e. The lowest BCUT2D eigenvalue weighted by atomic mass is 10.2. The molecule has 0 bridgehead atoms. The molecule has 0 atom stereocenters. The van der Waals surface area contributed by atoms with E-state index in [2.05, 4.69) is 5.32 Å². The number of nitrogens with one attached hydrogen (secondary N) is 1. The third-order valence-corrected chi connectivity index (χ3v) is 3.02. The lowest BCUT2D eigenvalue weighted by Gasteiger charge is -2.20. The largest absolute Gasteiger partial charge is 0.353 e. The summed E-state index contributed by atoms with van der Waals surface area (Å²) in [6.45, 7) is 1.74. The van der Waals surface area contributed by atoms with Crippen molar-refractivity contribution >= 4 is 17.5 Å². The predicted molar refractivity (Wildman–Crippen MR) is 70.2 cm³/mol. The fraction of sp³-hybridized carbons (Fsp3) is 0.429. The Balaban J connectivity index is 1.93. The molecule has 0 radical (unpaired) electrons. The lowest BCUT2D eigenvalue weighted by Crippen LogP contribution is -2.34. The molecule has 1 aromatic rings. The molecule has 0 spiro atoms. The van der Waals surface area contributed by atoms with Gasteiger partial charge in [0.15, 0.2) is 0 Å². The van der Waals surface area contributed by atoms with Crippen LogP contribution in [-0.4, -0.2) is 24.4 Å². The van der Waals surface area contributed by atoms with Crippen molar-refractivity contribution in [2.75, 3.05) is 11.4 Å². The molecular formula is C14H17FN2O2.